The fourth-order valence-electron chi connectivity index (χ4n) is 6.98. The number of benzene rings is 2. The summed E-state index contributed by atoms with van der Waals surface area (Å²) in [5, 5.41) is 10.6. The number of rotatable bonds is 5. The zero-order chi connectivity index (χ0) is 23.8. The minimum Gasteiger partial charge on any atom is -0.496 e. The van der Waals surface area contributed by atoms with Gasteiger partial charge in [-0.1, -0.05) is 26.0 Å². The number of nitrogens with zero attached hydrogens (tertiary/aromatic N) is 2. The number of H-pyrrole nitrogens is 1. The van der Waals surface area contributed by atoms with E-state index < -0.39 is 5.97 Å². The molecule has 0 radical (unpaired) electrons. The van der Waals surface area contributed by atoms with Gasteiger partial charge in [-0.25, -0.2) is 4.79 Å². The predicted molar refractivity (Wildman–Crippen MR) is 132 cm³/mol. The number of aromatic nitrogens is 1. The molecule has 6 nitrogen and oxygen atoms in total. The van der Waals surface area contributed by atoms with Crippen molar-refractivity contribution in [3.63, 3.8) is 0 Å². The molecule has 2 N–H and O–H groups in total. The Balaban J connectivity index is 1.38. The van der Waals surface area contributed by atoms with Gasteiger partial charge in [-0.15, -0.1) is 0 Å². The Morgan fingerprint density at radius 2 is 1.94 bits per heavy atom. The number of carboxylic acids is 1. The van der Waals surface area contributed by atoms with Crippen LogP contribution in [0.3, 0.4) is 0 Å². The Morgan fingerprint density at radius 1 is 1.18 bits per heavy atom. The van der Waals surface area contributed by atoms with Gasteiger partial charge in [-0.05, 0) is 59.6 Å². The molecule has 3 fully saturated rings. The van der Waals surface area contributed by atoms with E-state index in [-0.39, 0.29) is 6.04 Å². The van der Waals surface area contributed by atoms with Crippen LogP contribution in [0.4, 0.5) is 0 Å². The van der Waals surface area contributed by atoms with E-state index in [9.17, 15) is 9.90 Å². The zero-order valence-electron chi connectivity index (χ0n) is 20.3. The van der Waals surface area contributed by atoms with Gasteiger partial charge >= 0.3 is 5.97 Å². The molecule has 2 aromatic carbocycles. The van der Waals surface area contributed by atoms with Gasteiger partial charge in [-0.2, -0.15) is 0 Å². The number of piperidine rings is 1. The number of ether oxygens (including phenoxy) is 1. The molecule has 3 aliphatic rings. The summed E-state index contributed by atoms with van der Waals surface area (Å²) in [6, 6.07) is 12.6. The highest BCUT2D eigenvalue weighted by Gasteiger charge is 2.67. The topological polar surface area (TPSA) is 68.8 Å². The van der Waals surface area contributed by atoms with E-state index in [1.165, 1.54) is 34.1 Å². The van der Waals surface area contributed by atoms with Crippen molar-refractivity contribution in [2.45, 2.75) is 39.4 Å². The van der Waals surface area contributed by atoms with Gasteiger partial charge < -0.3 is 14.8 Å². The summed E-state index contributed by atoms with van der Waals surface area (Å²) in [7, 11) is 1.76. The smallest absolute Gasteiger partial charge is 0.335 e. The predicted octanol–water partition coefficient (Wildman–Crippen LogP) is 4.70. The molecule has 4 atom stereocenters. The number of fused-ring (bicyclic) bond motifs is 4. The van der Waals surface area contributed by atoms with Crippen LogP contribution in [0.2, 0.25) is 0 Å². The van der Waals surface area contributed by atoms with E-state index in [0.717, 1.165) is 37.2 Å². The van der Waals surface area contributed by atoms with Crippen LogP contribution in [-0.4, -0.2) is 58.6 Å². The van der Waals surface area contributed by atoms with Gasteiger partial charge in [0.15, 0.2) is 0 Å². The maximum Gasteiger partial charge on any atom is 0.335 e. The molecule has 2 saturated heterocycles. The molecule has 178 valence electrons. The lowest BCUT2D eigenvalue weighted by Crippen LogP contribution is -2.54. The molecular weight excluding hydrogens is 426 g/mol. The second-order valence-electron chi connectivity index (χ2n) is 11.0. The summed E-state index contributed by atoms with van der Waals surface area (Å²) in [4.78, 5) is 20.1. The summed E-state index contributed by atoms with van der Waals surface area (Å²) < 4.78 is 5.86. The van der Waals surface area contributed by atoms with Crippen molar-refractivity contribution < 1.29 is 14.6 Å². The van der Waals surface area contributed by atoms with Crippen LogP contribution in [0.5, 0.6) is 5.75 Å². The van der Waals surface area contributed by atoms with Crippen LogP contribution in [0.25, 0.3) is 10.9 Å². The van der Waals surface area contributed by atoms with Crippen LogP contribution in [0.15, 0.2) is 42.6 Å². The molecule has 6 heteroatoms. The van der Waals surface area contributed by atoms with Crippen molar-refractivity contribution in [2.24, 2.45) is 17.3 Å². The average molecular weight is 460 g/mol. The first-order valence-electron chi connectivity index (χ1n) is 12.2. The van der Waals surface area contributed by atoms with E-state index in [4.69, 9.17) is 4.74 Å². The van der Waals surface area contributed by atoms with Crippen LogP contribution in [-0.2, 0) is 6.54 Å². The summed E-state index contributed by atoms with van der Waals surface area (Å²) in [6.45, 7) is 10.9. The molecule has 34 heavy (non-hydrogen) atoms. The first-order chi connectivity index (χ1) is 16.3. The number of aromatic carboxylic acids is 1. The lowest BCUT2D eigenvalue weighted by Gasteiger charge is -2.46. The van der Waals surface area contributed by atoms with Crippen molar-refractivity contribution >= 4 is 16.9 Å². The van der Waals surface area contributed by atoms with E-state index >= 15 is 0 Å². The van der Waals surface area contributed by atoms with E-state index in [2.05, 4.69) is 47.7 Å². The van der Waals surface area contributed by atoms with E-state index in [1.54, 1.807) is 19.2 Å². The number of piperazine rings is 1. The second kappa shape index (κ2) is 7.59. The first kappa shape index (κ1) is 21.7. The molecule has 0 bridgehead atoms. The maximum atomic E-state index is 11.4. The number of carboxylic acid groups (broad SMARTS) is 1. The number of hydrogen-bond acceptors (Lipinski definition) is 4. The van der Waals surface area contributed by atoms with Crippen molar-refractivity contribution in [1.29, 1.82) is 0 Å². The third-order valence-electron chi connectivity index (χ3n) is 8.96. The third kappa shape index (κ3) is 3.19. The summed E-state index contributed by atoms with van der Waals surface area (Å²) in [5.41, 5.74) is 5.53. The SMILES string of the molecule is COc1cc(C)c2[nH]ccc2c1CN1C[C@H]2[C@@H]3[C@H](CN2C[C@@H]1c1ccc(C(=O)O)cc1)C3(C)C. The van der Waals surface area contributed by atoms with Gasteiger partial charge in [0.05, 0.1) is 12.7 Å². The van der Waals surface area contributed by atoms with E-state index in [0.29, 0.717) is 17.0 Å². The van der Waals surface area contributed by atoms with E-state index in [1.807, 2.05) is 18.3 Å². The largest absolute Gasteiger partial charge is 0.496 e. The Labute approximate surface area is 200 Å². The lowest BCUT2D eigenvalue weighted by atomic mass is 9.93. The zero-order valence-corrected chi connectivity index (χ0v) is 20.3. The highest BCUT2D eigenvalue weighted by molar-refractivity contribution is 5.88. The van der Waals surface area contributed by atoms with Crippen LogP contribution in [0.1, 0.15) is 46.9 Å². The average Bonchev–Trinajstić information content (AvgIpc) is 3.22. The van der Waals surface area contributed by atoms with Crippen LogP contribution < -0.4 is 4.74 Å². The number of nitrogens with one attached hydrogen (secondary N) is 1. The molecule has 1 aromatic heterocycles. The number of carbonyl (C=O) groups is 1. The molecule has 0 amide bonds. The molecule has 1 aliphatic carbocycles. The van der Waals surface area contributed by atoms with Gasteiger partial charge in [0, 0.05) is 60.9 Å². The van der Waals surface area contributed by atoms with Gasteiger partial charge in [0.1, 0.15) is 5.75 Å². The Kier molecular flexibility index (Phi) is 4.84. The van der Waals surface area contributed by atoms with Crippen molar-refractivity contribution in [1.82, 2.24) is 14.8 Å². The third-order valence-corrected chi connectivity index (χ3v) is 8.96. The highest BCUT2D eigenvalue weighted by atomic mass is 16.5. The van der Waals surface area contributed by atoms with Crippen molar-refractivity contribution in [3.05, 3.63) is 64.8 Å². The molecule has 2 aliphatic heterocycles. The Morgan fingerprint density at radius 3 is 2.65 bits per heavy atom. The Hall–Kier alpha value is -2.83. The molecular formula is C28H33N3O3. The number of aromatic amines is 1. The van der Waals surface area contributed by atoms with Crippen LogP contribution in [0, 0.1) is 24.2 Å². The standard InChI is InChI=1S/C28H33N3O3/c1-16-11-24(34-4)20(19-9-10-29-26(16)19)12-30-15-23-25-21(28(25,2)3)13-31(23)14-22(30)17-5-7-18(8-6-17)27(32)33/h5-11,21-23,25,29H,12-15H2,1-4H3,(H,32,33)/t21-,22+,23-,25-/m0/s1. The molecule has 0 spiro atoms. The summed E-state index contributed by atoms with van der Waals surface area (Å²) >= 11 is 0. The minimum atomic E-state index is -0.881. The molecule has 1 saturated carbocycles. The van der Waals surface area contributed by atoms with Gasteiger partial charge in [0.2, 0.25) is 0 Å². The normalized spacial score (nSPS) is 28.0. The molecule has 6 rings (SSSR count). The molecule has 3 heterocycles. The summed E-state index contributed by atoms with van der Waals surface area (Å²) in [5.74, 6) is 1.60. The highest BCUT2D eigenvalue weighted by Crippen LogP contribution is 2.65. The number of hydrogen-bond donors (Lipinski definition) is 2. The molecule has 0 unspecified atom stereocenters. The van der Waals surface area contributed by atoms with Crippen LogP contribution >= 0.6 is 0 Å². The van der Waals surface area contributed by atoms with Gasteiger partial charge in [-0.3, -0.25) is 9.80 Å². The lowest BCUT2D eigenvalue weighted by molar-refractivity contribution is 0.0209. The maximum absolute atomic E-state index is 11.4. The number of aryl methyl sites for hydroxylation is 1. The minimum absolute atomic E-state index is 0.208. The summed E-state index contributed by atoms with van der Waals surface area (Å²) in [6.07, 6.45) is 2.01. The first-order valence-corrected chi connectivity index (χ1v) is 12.2. The fraction of sp³-hybridized carbons (Fsp3) is 0.464. The van der Waals surface area contributed by atoms with Gasteiger partial charge in [0.25, 0.3) is 0 Å². The molecule has 3 aromatic rings. The second-order valence-corrected chi connectivity index (χ2v) is 11.0. The fourth-order valence-corrected chi connectivity index (χ4v) is 6.98. The Bertz CT molecular complexity index is 1260. The van der Waals surface area contributed by atoms with Crippen molar-refractivity contribution in [2.75, 3.05) is 26.7 Å². The number of methoxy groups -OCH3 is 1. The monoisotopic (exact) mass is 459 g/mol. The van der Waals surface area contributed by atoms with Crippen molar-refractivity contribution in [3.8, 4) is 5.75 Å². The quantitative estimate of drug-likeness (QED) is 0.579.